The van der Waals surface area contributed by atoms with Crippen molar-refractivity contribution in [3.05, 3.63) is 118 Å². The van der Waals surface area contributed by atoms with E-state index in [0.29, 0.717) is 0 Å². The highest BCUT2D eigenvalue weighted by molar-refractivity contribution is 6.94. The van der Waals surface area contributed by atoms with Crippen molar-refractivity contribution in [3.8, 4) is 22.3 Å². The highest BCUT2D eigenvalue weighted by Crippen LogP contribution is 2.66. The molecule has 2 nitrogen and oxygen atoms in total. The normalized spacial score (nSPS) is 24.6. The maximum Gasteiger partial charge on any atom is 0.333 e. The van der Waals surface area contributed by atoms with Gasteiger partial charge in [0.05, 0.1) is 5.54 Å². The van der Waals surface area contributed by atoms with E-state index in [0.717, 1.165) is 0 Å². The monoisotopic (exact) mass is 664 g/mol. The van der Waals surface area contributed by atoms with Crippen LogP contribution in [0.1, 0.15) is 121 Å². The fourth-order valence-corrected chi connectivity index (χ4v) is 12.1. The van der Waals surface area contributed by atoms with Crippen molar-refractivity contribution >= 4 is 40.5 Å². The fourth-order valence-electron chi connectivity index (χ4n) is 12.1. The lowest BCUT2D eigenvalue weighted by Gasteiger charge is -2.55. The summed E-state index contributed by atoms with van der Waals surface area (Å²) < 4.78 is 0. The van der Waals surface area contributed by atoms with Crippen LogP contribution in [-0.2, 0) is 21.7 Å². The Balaban J connectivity index is 1.38. The second-order valence-corrected chi connectivity index (χ2v) is 19.3. The van der Waals surface area contributed by atoms with Gasteiger partial charge in [-0.25, -0.2) is 0 Å². The zero-order chi connectivity index (χ0) is 35.2. The number of benzene rings is 5. The summed E-state index contributed by atoms with van der Waals surface area (Å²) in [6, 6.07) is 33.8. The topological polar surface area (TPSA) is 6.48 Å². The van der Waals surface area contributed by atoms with E-state index in [9.17, 15) is 0 Å². The van der Waals surface area contributed by atoms with Gasteiger partial charge in [-0.05, 0) is 92.7 Å². The molecule has 5 aromatic carbocycles. The molecule has 1 saturated carbocycles. The van der Waals surface area contributed by atoms with Crippen molar-refractivity contribution in [2.75, 3.05) is 9.71 Å². The van der Waals surface area contributed by atoms with Gasteiger partial charge in [-0.15, -0.1) is 0 Å². The van der Waals surface area contributed by atoms with E-state index in [1.165, 1.54) is 109 Å². The maximum atomic E-state index is 2.96. The standard InChI is InChI=1S/C48H49BN2/c1-44(2,3)28-25-36-42-37(26-28)49-40-31(29-18-16-21-34-41(29)51(49)38-22-13-12-20-33(38)46(34,6)7)27-35-39(30-17-10-11-19-32(30)45(35,4)5)43(40)50(42)48(9)24-15-14-23-47(36,48)8/h10-13,16-22,25-27H,14-15,23-24H2,1-9H3. The Morgan fingerprint density at radius 1 is 0.588 bits per heavy atom. The van der Waals surface area contributed by atoms with Gasteiger partial charge in [0.2, 0.25) is 0 Å². The quantitative estimate of drug-likeness (QED) is 0.152. The van der Waals surface area contributed by atoms with E-state index in [1.807, 2.05) is 0 Å². The van der Waals surface area contributed by atoms with Gasteiger partial charge >= 0.3 is 6.85 Å². The minimum Gasteiger partial charge on any atom is -0.376 e. The maximum absolute atomic E-state index is 2.96. The average molecular weight is 665 g/mol. The van der Waals surface area contributed by atoms with Crippen LogP contribution in [0, 0.1) is 0 Å². The van der Waals surface area contributed by atoms with Crippen LogP contribution in [0.25, 0.3) is 22.3 Å². The number of nitrogens with zero attached hydrogens (tertiary/aromatic N) is 2. The van der Waals surface area contributed by atoms with E-state index < -0.39 is 0 Å². The van der Waals surface area contributed by atoms with Crippen LogP contribution in [0.3, 0.4) is 0 Å². The highest BCUT2D eigenvalue weighted by atomic mass is 15.3. The van der Waals surface area contributed by atoms with Gasteiger partial charge in [0.1, 0.15) is 0 Å². The van der Waals surface area contributed by atoms with Crippen LogP contribution in [0.15, 0.2) is 84.9 Å². The van der Waals surface area contributed by atoms with Gasteiger partial charge in [0.25, 0.3) is 0 Å². The Morgan fingerprint density at radius 2 is 1.25 bits per heavy atom. The molecule has 0 N–H and O–H groups in total. The van der Waals surface area contributed by atoms with Gasteiger partial charge in [-0.1, -0.05) is 141 Å². The lowest BCUT2D eigenvalue weighted by Crippen LogP contribution is -2.65. The largest absolute Gasteiger partial charge is 0.376 e. The minimum atomic E-state index is -0.114. The first-order valence-corrected chi connectivity index (χ1v) is 19.5. The molecule has 0 spiro atoms. The summed E-state index contributed by atoms with van der Waals surface area (Å²) in [7, 11) is 0. The molecule has 11 rings (SSSR count). The lowest BCUT2D eigenvalue weighted by molar-refractivity contribution is 0.195. The van der Waals surface area contributed by atoms with Gasteiger partial charge < -0.3 is 9.71 Å². The van der Waals surface area contributed by atoms with Crippen molar-refractivity contribution in [1.82, 2.24) is 0 Å². The van der Waals surface area contributed by atoms with Crippen molar-refractivity contribution in [2.45, 2.75) is 115 Å². The van der Waals surface area contributed by atoms with Crippen LogP contribution < -0.4 is 20.6 Å². The van der Waals surface area contributed by atoms with Crippen molar-refractivity contribution in [3.63, 3.8) is 0 Å². The summed E-state index contributed by atoms with van der Waals surface area (Å²) in [6.45, 7) is 22.4. The number of fused-ring (bicyclic) bond motifs is 13. The van der Waals surface area contributed by atoms with Gasteiger partial charge in [-0.3, -0.25) is 0 Å². The molecule has 0 aromatic heterocycles. The van der Waals surface area contributed by atoms with Crippen molar-refractivity contribution in [1.29, 1.82) is 0 Å². The SMILES string of the molecule is CC(C)(C)c1cc2c3c(c1)C1(C)CCCCC1(C)N3c1c3c(cc4c1-c1ccccc1C4(C)C)-c1cccc4c1N(B23)c1ccccc1C4(C)C. The van der Waals surface area contributed by atoms with Crippen LogP contribution >= 0.6 is 0 Å². The number of rotatable bonds is 0. The van der Waals surface area contributed by atoms with Crippen LogP contribution in [0.2, 0.25) is 0 Å². The first-order chi connectivity index (χ1) is 24.2. The first-order valence-electron chi connectivity index (χ1n) is 19.5. The van der Waals surface area contributed by atoms with E-state index in [-0.39, 0.29) is 34.0 Å². The van der Waals surface area contributed by atoms with Crippen molar-refractivity contribution < 1.29 is 0 Å². The molecule has 0 amide bonds. The molecule has 2 aliphatic carbocycles. The molecule has 0 saturated heterocycles. The van der Waals surface area contributed by atoms with Crippen LogP contribution in [-0.4, -0.2) is 12.4 Å². The molecule has 2 unspecified atom stereocenters. The lowest BCUT2D eigenvalue weighted by atomic mass is 9.41. The predicted molar refractivity (Wildman–Crippen MR) is 217 cm³/mol. The molecule has 5 aromatic rings. The molecule has 1 fully saturated rings. The fraction of sp³-hybridized carbons (Fsp3) is 0.375. The van der Waals surface area contributed by atoms with E-state index in [1.54, 1.807) is 5.56 Å². The summed E-state index contributed by atoms with van der Waals surface area (Å²) >= 11 is 0. The first kappa shape index (κ1) is 30.4. The van der Waals surface area contributed by atoms with Gasteiger partial charge in [0, 0.05) is 50.1 Å². The molecule has 0 radical (unpaired) electrons. The Bertz CT molecular complexity index is 2430. The Kier molecular flexibility index (Phi) is 5.38. The summed E-state index contributed by atoms with van der Waals surface area (Å²) in [6.07, 6.45) is 5.01. The summed E-state index contributed by atoms with van der Waals surface area (Å²) in [5.74, 6) is 0. The molecule has 254 valence electrons. The number of anilines is 4. The number of hydrogen-bond donors (Lipinski definition) is 0. The van der Waals surface area contributed by atoms with E-state index in [2.05, 4.69) is 157 Å². The summed E-state index contributed by atoms with van der Waals surface area (Å²) in [5, 5.41) is 0. The second-order valence-electron chi connectivity index (χ2n) is 19.3. The molecule has 2 atom stereocenters. The third-order valence-corrected chi connectivity index (χ3v) is 15.1. The Hall–Kier alpha value is -4.24. The molecular formula is C48H49BN2. The second kappa shape index (κ2) is 9.03. The van der Waals surface area contributed by atoms with Gasteiger partial charge in [0.15, 0.2) is 0 Å². The predicted octanol–water partition coefficient (Wildman–Crippen LogP) is 10.9. The third-order valence-electron chi connectivity index (χ3n) is 15.1. The number of hydrogen-bond acceptors (Lipinski definition) is 2. The van der Waals surface area contributed by atoms with Crippen molar-refractivity contribution in [2.24, 2.45) is 0 Å². The third kappa shape index (κ3) is 3.27. The number of para-hydroxylation sites is 2. The molecule has 4 aliphatic heterocycles. The minimum absolute atomic E-state index is 0.0295. The molecule has 51 heavy (non-hydrogen) atoms. The van der Waals surface area contributed by atoms with Gasteiger partial charge in [-0.2, -0.15) is 0 Å². The highest BCUT2D eigenvalue weighted by Gasteiger charge is 2.63. The summed E-state index contributed by atoms with van der Waals surface area (Å²) in [5.41, 5.74) is 23.3. The molecular weight excluding hydrogens is 615 g/mol. The molecule has 4 heterocycles. The molecule has 3 heteroatoms. The molecule has 6 aliphatic rings. The van der Waals surface area contributed by atoms with E-state index in [4.69, 9.17) is 0 Å². The zero-order valence-corrected chi connectivity index (χ0v) is 31.9. The smallest absolute Gasteiger partial charge is 0.333 e. The Labute approximate surface area is 305 Å². The van der Waals surface area contributed by atoms with E-state index >= 15 is 0 Å². The zero-order valence-electron chi connectivity index (χ0n) is 31.9. The van der Waals surface area contributed by atoms with Crippen LogP contribution in [0.4, 0.5) is 22.7 Å². The average Bonchev–Trinajstić information content (AvgIpc) is 3.46. The summed E-state index contributed by atoms with van der Waals surface area (Å²) in [4.78, 5) is 5.77. The molecule has 0 bridgehead atoms. The Morgan fingerprint density at radius 3 is 2.04 bits per heavy atom. The van der Waals surface area contributed by atoms with Crippen LogP contribution in [0.5, 0.6) is 0 Å².